The summed E-state index contributed by atoms with van der Waals surface area (Å²) in [7, 11) is 1.98. The lowest BCUT2D eigenvalue weighted by atomic mass is 10.0. The Bertz CT molecular complexity index is 257. The number of piperidine rings is 1. The number of rotatable bonds is 4. The number of carbonyl (C=O) groups is 1. The molecule has 0 bridgehead atoms. The maximum absolute atomic E-state index is 12.1. The number of likely N-dealkylation sites (N-methyl/N-ethyl adjacent to an activating group) is 1. The molecule has 2 rings (SSSR count). The first kappa shape index (κ1) is 15.7. The quantitative estimate of drug-likeness (QED) is 0.848. The maximum atomic E-state index is 12.1. The van der Waals surface area contributed by atoms with Crippen molar-refractivity contribution in [2.24, 2.45) is 0 Å². The molecular weight excluding hydrogens is 252 g/mol. The van der Waals surface area contributed by atoms with Gasteiger partial charge in [0, 0.05) is 32.2 Å². The highest BCUT2D eigenvalue weighted by Gasteiger charge is 2.23. The molecule has 2 aliphatic heterocycles. The molecule has 1 amide bonds. The predicted octanol–water partition coefficient (Wildman–Crippen LogP) is 1.58. The Balaban J connectivity index is 0.00000162. The molecule has 2 atom stereocenters. The molecule has 0 aromatic rings. The summed E-state index contributed by atoms with van der Waals surface area (Å²) in [5.74, 6) is 0.306. The summed E-state index contributed by atoms with van der Waals surface area (Å²) in [4.78, 5) is 14.1. The van der Waals surface area contributed by atoms with Gasteiger partial charge in [-0.1, -0.05) is 0 Å². The zero-order valence-corrected chi connectivity index (χ0v) is 12.0. The van der Waals surface area contributed by atoms with Gasteiger partial charge < -0.3 is 15.0 Å². The third kappa shape index (κ3) is 4.41. The molecule has 2 aliphatic rings. The normalized spacial score (nSPS) is 27.9. The van der Waals surface area contributed by atoms with Crippen molar-refractivity contribution in [3.63, 3.8) is 0 Å². The van der Waals surface area contributed by atoms with Crippen molar-refractivity contribution in [3.8, 4) is 0 Å². The molecule has 0 radical (unpaired) electrons. The van der Waals surface area contributed by atoms with Crippen molar-refractivity contribution in [2.45, 2.75) is 50.7 Å². The highest BCUT2D eigenvalue weighted by Crippen LogP contribution is 2.18. The smallest absolute Gasteiger partial charge is 0.222 e. The Kier molecular flexibility index (Phi) is 6.97. The summed E-state index contributed by atoms with van der Waals surface area (Å²) in [5, 5.41) is 3.27. The molecular formula is C13H25ClN2O2. The molecule has 2 unspecified atom stereocenters. The van der Waals surface area contributed by atoms with E-state index < -0.39 is 0 Å². The van der Waals surface area contributed by atoms with Crippen molar-refractivity contribution in [3.05, 3.63) is 0 Å². The van der Waals surface area contributed by atoms with Crippen molar-refractivity contribution in [1.82, 2.24) is 10.2 Å². The summed E-state index contributed by atoms with van der Waals surface area (Å²) >= 11 is 0. The number of halogens is 1. The van der Waals surface area contributed by atoms with Gasteiger partial charge in [-0.15, -0.1) is 12.4 Å². The van der Waals surface area contributed by atoms with Crippen LogP contribution in [0.5, 0.6) is 0 Å². The van der Waals surface area contributed by atoms with Gasteiger partial charge in [-0.25, -0.2) is 0 Å². The van der Waals surface area contributed by atoms with E-state index in [2.05, 4.69) is 5.32 Å². The van der Waals surface area contributed by atoms with E-state index in [1.165, 1.54) is 6.42 Å². The second-order valence-electron chi connectivity index (χ2n) is 5.14. The van der Waals surface area contributed by atoms with Crippen LogP contribution in [0.25, 0.3) is 0 Å². The second-order valence-corrected chi connectivity index (χ2v) is 5.14. The van der Waals surface area contributed by atoms with Crippen LogP contribution in [0.3, 0.4) is 0 Å². The fourth-order valence-electron chi connectivity index (χ4n) is 2.75. The van der Waals surface area contributed by atoms with E-state index in [1.54, 1.807) is 0 Å². The molecule has 0 spiro atoms. The average molecular weight is 277 g/mol. The molecule has 106 valence electrons. The van der Waals surface area contributed by atoms with Crippen LogP contribution in [-0.4, -0.2) is 49.7 Å². The Labute approximate surface area is 116 Å². The standard InChI is InChI=1S/C13H24N2O2.ClH/c1-14-11-4-2-8-15(10-11)13(16)7-6-12-5-3-9-17-12;/h11-12,14H,2-10H2,1H3;1H. The van der Waals surface area contributed by atoms with Gasteiger partial charge in [0.2, 0.25) is 5.91 Å². The van der Waals surface area contributed by atoms with Crippen molar-refractivity contribution < 1.29 is 9.53 Å². The SMILES string of the molecule is CNC1CCCN(C(=O)CCC2CCCO2)C1.Cl. The number of nitrogens with zero attached hydrogens (tertiary/aromatic N) is 1. The van der Waals surface area contributed by atoms with E-state index in [-0.39, 0.29) is 12.4 Å². The van der Waals surface area contributed by atoms with Gasteiger partial charge in [0.25, 0.3) is 0 Å². The zero-order chi connectivity index (χ0) is 12.1. The van der Waals surface area contributed by atoms with Crippen LogP contribution >= 0.6 is 12.4 Å². The largest absolute Gasteiger partial charge is 0.378 e. The second kappa shape index (κ2) is 7.97. The number of carbonyl (C=O) groups excluding carboxylic acids is 1. The van der Waals surface area contributed by atoms with E-state index in [9.17, 15) is 4.79 Å². The fourth-order valence-corrected chi connectivity index (χ4v) is 2.75. The van der Waals surface area contributed by atoms with Crippen LogP contribution in [0, 0.1) is 0 Å². The minimum Gasteiger partial charge on any atom is -0.378 e. The predicted molar refractivity (Wildman–Crippen MR) is 74.1 cm³/mol. The van der Waals surface area contributed by atoms with Crippen LogP contribution in [0.2, 0.25) is 0 Å². The Morgan fingerprint density at radius 2 is 2.22 bits per heavy atom. The van der Waals surface area contributed by atoms with Crippen LogP contribution in [0.4, 0.5) is 0 Å². The highest BCUT2D eigenvalue weighted by molar-refractivity contribution is 5.85. The summed E-state index contributed by atoms with van der Waals surface area (Å²) < 4.78 is 5.55. The third-order valence-corrected chi connectivity index (χ3v) is 3.89. The summed E-state index contributed by atoms with van der Waals surface area (Å²) in [5.41, 5.74) is 0. The number of ether oxygens (including phenoxy) is 1. The molecule has 2 fully saturated rings. The van der Waals surface area contributed by atoms with Gasteiger partial charge in [-0.05, 0) is 39.2 Å². The Morgan fingerprint density at radius 1 is 1.39 bits per heavy atom. The first-order valence-corrected chi connectivity index (χ1v) is 6.86. The molecule has 0 aromatic carbocycles. The van der Waals surface area contributed by atoms with E-state index in [0.29, 0.717) is 24.5 Å². The molecule has 4 nitrogen and oxygen atoms in total. The summed E-state index contributed by atoms with van der Waals surface area (Å²) in [6.07, 6.45) is 6.49. The number of likely N-dealkylation sites (tertiary alicyclic amines) is 1. The molecule has 5 heteroatoms. The van der Waals surface area contributed by atoms with Gasteiger partial charge in [0.05, 0.1) is 6.10 Å². The lowest BCUT2D eigenvalue weighted by molar-refractivity contribution is -0.133. The number of amides is 1. The molecule has 1 N–H and O–H groups in total. The molecule has 0 aliphatic carbocycles. The fraction of sp³-hybridized carbons (Fsp3) is 0.923. The topological polar surface area (TPSA) is 41.6 Å². The average Bonchev–Trinajstić information content (AvgIpc) is 2.89. The maximum Gasteiger partial charge on any atom is 0.222 e. The Morgan fingerprint density at radius 3 is 2.89 bits per heavy atom. The number of hydrogen-bond donors (Lipinski definition) is 1. The molecule has 2 heterocycles. The summed E-state index contributed by atoms with van der Waals surface area (Å²) in [6, 6.07) is 0.482. The van der Waals surface area contributed by atoms with Crippen LogP contribution in [0.15, 0.2) is 0 Å². The van der Waals surface area contributed by atoms with E-state index >= 15 is 0 Å². The highest BCUT2D eigenvalue weighted by atomic mass is 35.5. The summed E-state index contributed by atoms with van der Waals surface area (Å²) in [6.45, 7) is 2.69. The van der Waals surface area contributed by atoms with Crippen LogP contribution < -0.4 is 5.32 Å². The van der Waals surface area contributed by atoms with Crippen LogP contribution in [-0.2, 0) is 9.53 Å². The lowest BCUT2D eigenvalue weighted by Gasteiger charge is -2.32. The first-order chi connectivity index (χ1) is 8.29. The van der Waals surface area contributed by atoms with Crippen molar-refractivity contribution in [2.75, 3.05) is 26.7 Å². The van der Waals surface area contributed by atoms with Gasteiger partial charge in [-0.3, -0.25) is 4.79 Å². The van der Waals surface area contributed by atoms with Crippen molar-refractivity contribution in [1.29, 1.82) is 0 Å². The van der Waals surface area contributed by atoms with Crippen LogP contribution in [0.1, 0.15) is 38.5 Å². The lowest BCUT2D eigenvalue weighted by Crippen LogP contribution is -2.47. The zero-order valence-electron chi connectivity index (χ0n) is 11.2. The van der Waals surface area contributed by atoms with E-state index in [1.807, 2.05) is 11.9 Å². The van der Waals surface area contributed by atoms with Gasteiger partial charge in [0.1, 0.15) is 0 Å². The monoisotopic (exact) mass is 276 g/mol. The first-order valence-electron chi connectivity index (χ1n) is 6.86. The molecule has 0 saturated carbocycles. The van der Waals surface area contributed by atoms with E-state index in [0.717, 1.165) is 45.4 Å². The minimum atomic E-state index is 0. The third-order valence-electron chi connectivity index (χ3n) is 3.89. The number of hydrogen-bond acceptors (Lipinski definition) is 3. The Hall–Kier alpha value is -0.320. The number of nitrogens with one attached hydrogen (secondary N) is 1. The molecule has 0 aromatic heterocycles. The van der Waals surface area contributed by atoms with Gasteiger partial charge in [-0.2, -0.15) is 0 Å². The van der Waals surface area contributed by atoms with Gasteiger partial charge >= 0.3 is 0 Å². The minimum absolute atomic E-state index is 0. The molecule has 18 heavy (non-hydrogen) atoms. The van der Waals surface area contributed by atoms with E-state index in [4.69, 9.17) is 4.74 Å². The molecule has 2 saturated heterocycles. The van der Waals surface area contributed by atoms with Crippen molar-refractivity contribution >= 4 is 18.3 Å². The van der Waals surface area contributed by atoms with Gasteiger partial charge in [0.15, 0.2) is 0 Å².